The Bertz CT molecular complexity index is 979. The molecule has 0 aliphatic heterocycles. The Kier molecular flexibility index (Phi) is 5.16. The average Bonchev–Trinajstić information content (AvgIpc) is 3.00. The summed E-state index contributed by atoms with van der Waals surface area (Å²) in [5.74, 6) is 1.41. The second-order valence-corrected chi connectivity index (χ2v) is 8.97. The van der Waals surface area contributed by atoms with Crippen LogP contribution in [0.1, 0.15) is 30.2 Å². The predicted molar refractivity (Wildman–Crippen MR) is 109 cm³/mol. The highest BCUT2D eigenvalue weighted by atomic mass is 32.2. The number of hydrogen-bond acceptors (Lipinski definition) is 5. The minimum Gasteiger partial charge on any atom is -0.396 e. The maximum atomic E-state index is 13.5. The van der Waals surface area contributed by atoms with Gasteiger partial charge in [-0.05, 0) is 49.3 Å². The summed E-state index contributed by atoms with van der Waals surface area (Å²) in [5, 5.41) is 10.6. The van der Waals surface area contributed by atoms with Gasteiger partial charge in [0, 0.05) is 17.2 Å². The molecular formula is C20H22N2O2S2. The largest absolute Gasteiger partial charge is 0.396 e. The Hall–Kier alpha value is -1.63. The predicted octanol–water partition coefficient (Wildman–Crippen LogP) is 4.05. The van der Waals surface area contributed by atoms with E-state index in [4.69, 9.17) is 10.1 Å². The molecule has 1 N–H and O–H groups in total. The molecule has 2 aromatic heterocycles. The quantitative estimate of drug-likeness (QED) is 0.408. The van der Waals surface area contributed by atoms with Crippen LogP contribution in [-0.4, -0.2) is 27.0 Å². The molecule has 0 radical (unpaired) electrons. The van der Waals surface area contributed by atoms with E-state index < -0.39 is 0 Å². The molecule has 1 aliphatic carbocycles. The van der Waals surface area contributed by atoms with E-state index >= 15 is 0 Å². The van der Waals surface area contributed by atoms with E-state index in [9.17, 15) is 4.79 Å². The molecule has 0 amide bonds. The minimum atomic E-state index is 0.0414. The molecule has 0 saturated heterocycles. The number of nitrogens with zero attached hydrogens (tertiary/aromatic N) is 2. The van der Waals surface area contributed by atoms with Crippen molar-refractivity contribution in [1.82, 2.24) is 9.55 Å². The number of aliphatic hydroxyl groups excluding tert-OH is 1. The van der Waals surface area contributed by atoms with Gasteiger partial charge in [0.2, 0.25) is 0 Å². The van der Waals surface area contributed by atoms with Gasteiger partial charge in [0.05, 0.1) is 11.1 Å². The molecule has 3 aromatic rings. The molecule has 26 heavy (non-hydrogen) atoms. The number of para-hydroxylation sites is 1. The molecule has 0 fully saturated rings. The molecule has 2 heterocycles. The van der Waals surface area contributed by atoms with Gasteiger partial charge < -0.3 is 5.11 Å². The maximum Gasteiger partial charge on any atom is 0.267 e. The molecule has 0 bridgehead atoms. The summed E-state index contributed by atoms with van der Waals surface area (Å²) in [4.78, 5) is 20.5. The van der Waals surface area contributed by atoms with E-state index in [1.54, 1.807) is 27.7 Å². The van der Waals surface area contributed by atoms with E-state index in [0.29, 0.717) is 17.5 Å². The highest BCUT2D eigenvalue weighted by Gasteiger charge is 2.25. The standard InChI is InChI=1S/C20H22N2O2S2/c1-13-8-9-15-16(12-13)26-18-17(15)19(24)22(14-6-3-2-4-7-14)20(21-18)25-11-5-10-23/h2-4,6-7,13,23H,5,8-12H2,1H3. The molecule has 136 valence electrons. The number of rotatable bonds is 5. The first-order valence-electron chi connectivity index (χ1n) is 9.05. The SMILES string of the molecule is CC1CCc2c(sc3nc(SCCCO)n(-c4ccccc4)c(=O)c23)C1. The van der Waals surface area contributed by atoms with Crippen molar-refractivity contribution in [3.05, 3.63) is 51.1 Å². The number of aliphatic hydroxyl groups is 1. The molecule has 4 rings (SSSR count). The lowest BCUT2D eigenvalue weighted by Gasteiger charge is -2.17. The van der Waals surface area contributed by atoms with Gasteiger partial charge in [0.15, 0.2) is 5.16 Å². The fraction of sp³-hybridized carbons (Fsp3) is 0.400. The molecule has 0 saturated carbocycles. The highest BCUT2D eigenvalue weighted by molar-refractivity contribution is 7.99. The lowest BCUT2D eigenvalue weighted by atomic mass is 9.89. The number of thioether (sulfide) groups is 1. The molecular weight excluding hydrogens is 364 g/mol. The Balaban J connectivity index is 1.92. The van der Waals surface area contributed by atoms with Crippen molar-refractivity contribution in [2.75, 3.05) is 12.4 Å². The van der Waals surface area contributed by atoms with Crippen LogP contribution in [0.4, 0.5) is 0 Å². The molecule has 1 aromatic carbocycles. The van der Waals surface area contributed by atoms with Crippen molar-refractivity contribution in [3.8, 4) is 5.69 Å². The molecule has 1 atom stereocenters. The number of hydrogen-bond donors (Lipinski definition) is 1. The van der Waals surface area contributed by atoms with Crippen molar-refractivity contribution >= 4 is 33.3 Å². The summed E-state index contributed by atoms with van der Waals surface area (Å²) in [6, 6.07) is 9.74. The van der Waals surface area contributed by atoms with Crippen LogP contribution in [-0.2, 0) is 12.8 Å². The van der Waals surface area contributed by atoms with E-state index in [-0.39, 0.29) is 12.2 Å². The van der Waals surface area contributed by atoms with Gasteiger partial charge in [-0.1, -0.05) is 36.9 Å². The second kappa shape index (κ2) is 7.55. The van der Waals surface area contributed by atoms with Crippen LogP contribution < -0.4 is 5.56 Å². The molecule has 1 aliphatic rings. The zero-order chi connectivity index (χ0) is 18.1. The van der Waals surface area contributed by atoms with Crippen molar-refractivity contribution in [3.63, 3.8) is 0 Å². The van der Waals surface area contributed by atoms with Gasteiger partial charge in [-0.3, -0.25) is 9.36 Å². The van der Waals surface area contributed by atoms with Crippen LogP contribution in [0.2, 0.25) is 0 Å². The first-order chi connectivity index (χ1) is 12.7. The molecule has 1 unspecified atom stereocenters. The number of aromatic nitrogens is 2. The summed E-state index contributed by atoms with van der Waals surface area (Å²) < 4.78 is 1.75. The van der Waals surface area contributed by atoms with Crippen LogP contribution in [0.3, 0.4) is 0 Å². The van der Waals surface area contributed by atoms with Crippen molar-refractivity contribution in [1.29, 1.82) is 0 Å². The van der Waals surface area contributed by atoms with E-state index in [0.717, 1.165) is 40.9 Å². The van der Waals surface area contributed by atoms with Gasteiger partial charge in [-0.25, -0.2) is 4.98 Å². The topological polar surface area (TPSA) is 55.1 Å². The lowest BCUT2D eigenvalue weighted by molar-refractivity contribution is 0.296. The summed E-state index contributed by atoms with van der Waals surface area (Å²) in [6.07, 6.45) is 3.84. The van der Waals surface area contributed by atoms with Crippen LogP contribution >= 0.6 is 23.1 Å². The summed E-state index contributed by atoms with van der Waals surface area (Å²) in [6.45, 7) is 2.43. The van der Waals surface area contributed by atoms with E-state index in [1.807, 2.05) is 30.3 Å². The van der Waals surface area contributed by atoms with Gasteiger partial charge in [0.1, 0.15) is 4.83 Å². The summed E-state index contributed by atoms with van der Waals surface area (Å²) in [5.41, 5.74) is 2.11. The van der Waals surface area contributed by atoms with Crippen molar-refractivity contribution in [2.45, 2.75) is 37.8 Å². The normalized spacial score (nSPS) is 16.8. The zero-order valence-electron chi connectivity index (χ0n) is 14.8. The molecule has 6 heteroatoms. The summed E-state index contributed by atoms with van der Waals surface area (Å²) in [7, 11) is 0. The second-order valence-electron chi connectivity index (χ2n) is 6.83. The number of aryl methyl sites for hydroxylation is 1. The monoisotopic (exact) mass is 386 g/mol. The van der Waals surface area contributed by atoms with Crippen molar-refractivity contribution in [2.24, 2.45) is 5.92 Å². The maximum absolute atomic E-state index is 13.5. The van der Waals surface area contributed by atoms with Crippen LogP contribution in [0.5, 0.6) is 0 Å². The zero-order valence-corrected chi connectivity index (χ0v) is 16.4. The lowest BCUT2D eigenvalue weighted by Crippen LogP contribution is -2.22. The van der Waals surface area contributed by atoms with Gasteiger partial charge >= 0.3 is 0 Å². The minimum absolute atomic E-state index is 0.0414. The van der Waals surface area contributed by atoms with Crippen molar-refractivity contribution < 1.29 is 5.11 Å². The molecule has 0 spiro atoms. The first-order valence-corrected chi connectivity index (χ1v) is 10.9. The highest BCUT2D eigenvalue weighted by Crippen LogP contribution is 2.37. The van der Waals surface area contributed by atoms with E-state index in [1.165, 1.54) is 10.4 Å². The number of thiophene rings is 1. The van der Waals surface area contributed by atoms with Gasteiger partial charge in [0.25, 0.3) is 5.56 Å². The van der Waals surface area contributed by atoms with Crippen LogP contribution in [0, 0.1) is 5.92 Å². The van der Waals surface area contributed by atoms with E-state index in [2.05, 4.69) is 6.92 Å². The summed E-state index contributed by atoms with van der Waals surface area (Å²) >= 11 is 3.23. The smallest absolute Gasteiger partial charge is 0.267 e. The van der Waals surface area contributed by atoms with Crippen LogP contribution in [0.25, 0.3) is 15.9 Å². The van der Waals surface area contributed by atoms with Gasteiger partial charge in [-0.15, -0.1) is 11.3 Å². The fourth-order valence-electron chi connectivity index (χ4n) is 3.50. The number of benzene rings is 1. The Morgan fingerprint density at radius 2 is 2.15 bits per heavy atom. The van der Waals surface area contributed by atoms with Gasteiger partial charge in [-0.2, -0.15) is 0 Å². The third-order valence-corrected chi connectivity index (χ3v) is 7.02. The molecule has 4 nitrogen and oxygen atoms in total. The third-order valence-electron chi connectivity index (χ3n) is 4.85. The first kappa shape index (κ1) is 17.8. The Morgan fingerprint density at radius 1 is 1.35 bits per heavy atom. The fourth-order valence-corrected chi connectivity index (χ4v) is 5.86. The Morgan fingerprint density at radius 3 is 2.92 bits per heavy atom. The Labute approximate surface area is 160 Å². The van der Waals surface area contributed by atoms with Crippen LogP contribution in [0.15, 0.2) is 40.3 Å². The number of fused-ring (bicyclic) bond motifs is 3. The third kappa shape index (κ3) is 3.21. The average molecular weight is 387 g/mol.